The summed E-state index contributed by atoms with van der Waals surface area (Å²) in [5.41, 5.74) is 0.608. The normalized spacial score (nSPS) is 11.7. The largest absolute Gasteiger partial charge is 0.294 e. The third kappa shape index (κ3) is 3.71. The monoisotopic (exact) mass is 462 g/mol. The number of hydrogen-bond acceptors (Lipinski definition) is 4. The highest BCUT2D eigenvalue weighted by atomic mass is 35.5. The zero-order chi connectivity index (χ0) is 21.5. The summed E-state index contributed by atoms with van der Waals surface area (Å²) in [6, 6.07) is 14.6. The number of rotatable bonds is 5. The zero-order valence-electron chi connectivity index (χ0n) is 15.2. The summed E-state index contributed by atoms with van der Waals surface area (Å²) in [5, 5.41) is 5.01. The lowest BCUT2D eigenvalue weighted by Crippen LogP contribution is -2.14. The van der Waals surface area contributed by atoms with Crippen molar-refractivity contribution < 1.29 is 17.6 Å². The average molecular weight is 463 g/mol. The van der Waals surface area contributed by atoms with Gasteiger partial charge in [-0.05, 0) is 48.0 Å². The van der Waals surface area contributed by atoms with Crippen molar-refractivity contribution in [2.24, 2.45) is 0 Å². The number of hydrogen-bond donors (Lipinski definition) is 0. The van der Waals surface area contributed by atoms with E-state index in [0.717, 1.165) is 10.2 Å². The molecule has 0 bridgehead atoms. The number of carbonyl (C=O) groups excluding carboxylic acids is 1. The second-order valence-corrected chi connectivity index (χ2v) is 9.15. The van der Waals surface area contributed by atoms with Gasteiger partial charge in [-0.15, -0.1) is 0 Å². The van der Waals surface area contributed by atoms with E-state index in [1.807, 2.05) is 0 Å². The lowest BCUT2D eigenvalue weighted by atomic mass is 10.0. The lowest BCUT2D eigenvalue weighted by Gasteiger charge is -2.08. The van der Waals surface area contributed by atoms with Crippen LogP contribution in [0.15, 0.2) is 71.8 Å². The molecule has 0 radical (unpaired) electrons. The molecule has 0 saturated carbocycles. The highest BCUT2D eigenvalue weighted by Crippen LogP contribution is 2.25. The van der Waals surface area contributed by atoms with Crippen molar-refractivity contribution >= 4 is 49.9 Å². The zero-order valence-corrected chi connectivity index (χ0v) is 17.5. The van der Waals surface area contributed by atoms with Crippen LogP contribution in [0.1, 0.15) is 15.9 Å². The molecule has 4 aromatic rings. The molecule has 0 atom stereocenters. The first-order valence-corrected chi connectivity index (χ1v) is 10.9. The van der Waals surface area contributed by atoms with Gasteiger partial charge in [0.05, 0.1) is 27.2 Å². The van der Waals surface area contributed by atoms with E-state index >= 15 is 0 Å². The van der Waals surface area contributed by atoms with Crippen LogP contribution in [0.2, 0.25) is 10.0 Å². The summed E-state index contributed by atoms with van der Waals surface area (Å²) in [6.07, 6.45) is 1.27. The van der Waals surface area contributed by atoms with Crippen LogP contribution in [0, 0.1) is 5.82 Å². The van der Waals surface area contributed by atoms with Crippen LogP contribution in [0.4, 0.5) is 4.39 Å². The molecule has 0 spiro atoms. The van der Waals surface area contributed by atoms with E-state index in [-0.39, 0.29) is 21.9 Å². The van der Waals surface area contributed by atoms with Gasteiger partial charge in [-0.2, -0.15) is 17.6 Å². The summed E-state index contributed by atoms with van der Waals surface area (Å²) in [6.45, 7) is 0. The quantitative estimate of drug-likeness (QED) is 0.384. The van der Waals surface area contributed by atoms with Crippen molar-refractivity contribution in [1.82, 2.24) is 9.19 Å². The third-order valence-corrected chi connectivity index (χ3v) is 6.73. The molecule has 4 rings (SSSR count). The molecule has 0 amide bonds. The van der Waals surface area contributed by atoms with Crippen molar-refractivity contribution in [1.29, 1.82) is 0 Å². The smallest absolute Gasteiger partial charge is 0.283 e. The minimum absolute atomic E-state index is 0.0245. The molecular formula is C21H13Cl2FN2O3S. The molecule has 0 saturated heterocycles. The van der Waals surface area contributed by atoms with E-state index < -0.39 is 21.6 Å². The van der Waals surface area contributed by atoms with E-state index in [4.69, 9.17) is 23.2 Å². The maximum Gasteiger partial charge on any atom is 0.283 e. The Morgan fingerprint density at radius 1 is 1.03 bits per heavy atom. The minimum Gasteiger partial charge on any atom is -0.294 e. The predicted octanol–water partition coefficient (Wildman–Crippen LogP) is 5.14. The van der Waals surface area contributed by atoms with Gasteiger partial charge in [0, 0.05) is 16.8 Å². The Bertz CT molecular complexity index is 1360. The SMILES string of the molecule is O=C(Cc1ccc2cnn(S(=O)(=O)c3ccc(Cl)cc3)c2c1)c1c(F)cccc1Cl. The van der Waals surface area contributed by atoms with Crippen molar-refractivity contribution in [2.45, 2.75) is 11.3 Å². The fraction of sp³-hybridized carbons (Fsp3) is 0.0476. The lowest BCUT2D eigenvalue weighted by molar-refractivity contribution is 0.0989. The van der Waals surface area contributed by atoms with E-state index in [1.165, 1.54) is 42.6 Å². The first kappa shape index (κ1) is 20.5. The Morgan fingerprint density at radius 2 is 1.77 bits per heavy atom. The summed E-state index contributed by atoms with van der Waals surface area (Å²) in [7, 11) is -3.97. The highest BCUT2D eigenvalue weighted by molar-refractivity contribution is 7.90. The molecular weight excluding hydrogens is 450 g/mol. The number of carbonyl (C=O) groups is 1. The van der Waals surface area contributed by atoms with Gasteiger partial charge in [-0.1, -0.05) is 41.4 Å². The van der Waals surface area contributed by atoms with E-state index in [9.17, 15) is 17.6 Å². The maximum absolute atomic E-state index is 14.0. The Morgan fingerprint density at radius 3 is 2.47 bits per heavy atom. The summed E-state index contributed by atoms with van der Waals surface area (Å²) >= 11 is 11.8. The molecule has 0 unspecified atom stereocenters. The summed E-state index contributed by atoms with van der Waals surface area (Å²) in [5.74, 6) is -1.21. The van der Waals surface area contributed by atoms with Crippen molar-refractivity contribution in [2.75, 3.05) is 0 Å². The number of Topliss-reactive ketones (excluding diaryl/α,β-unsaturated/α-hetero) is 1. The number of benzene rings is 3. The average Bonchev–Trinajstić information content (AvgIpc) is 3.12. The summed E-state index contributed by atoms with van der Waals surface area (Å²) in [4.78, 5) is 12.6. The highest BCUT2D eigenvalue weighted by Gasteiger charge is 2.21. The number of aromatic nitrogens is 2. The molecule has 0 aliphatic heterocycles. The fourth-order valence-electron chi connectivity index (χ4n) is 3.09. The van der Waals surface area contributed by atoms with Gasteiger partial charge in [0.1, 0.15) is 5.82 Å². The van der Waals surface area contributed by atoms with Crippen molar-refractivity contribution in [3.8, 4) is 0 Å². The van der Waals surface area contributed by atoms with Crippen molar-refractivity contribution in [3.63, 3.8) is 0 Å². The van der Waals surface area contributed by atoms with Gasteiger partial charge >= 0.3 is 0 Å². The Kier molecular flexibility index (Phi) is 5.36. The van der Waals surface area contributed by atoms with Crippen molar-refractivity contribution in [3.05, 3.63) is 93.8 Å². The Labute approximate surface area is 181 Å². The molecule has 30 heavy (non-hydrogen) atoms. The number of fused-ring (bicyclic) bond motifs is 1. The number of nitrogens with zero attached hydrogens (tertiary/aromatic N) is 2. The standard InChI is InChI=1S/C21H13Cl2FN2O3S/c22-15-6-8-16(9-7-15)30(28,29)26-19-10-13(4-5-14(19)12-25-26)11-20(27)21-17(23)2-1-3-18(21)24/h1-10,12H,11H2. The van der Waals surface area contributed by atoms with Gasteiger partial charge in [-0.25, -0.2) is 4.39 Å². The second-order valence-electron chi connectivity index (χ2n) is 6.54. The maximum atomic E-state index is 14.0. The van der Waals surface area contributed by atoms with Gasteiger partial charge in [0.15, 0.2) is 5.78 Å². The van der Waals surface area contributed by atoms with E-state index in [1.54, 1.807) is 18.2 Å². The van der Waals surface area contributed by atoms with Gasteiger partial charge in [0.25, 0.3) is 10.0 Å². The molecule has 1 aromatic heterocycles. The molecule has 9 heteroatoms. The van der Waals surface area contributed by atoms with Gasteiger partial charge in [-0.3, -0.25) is 4.79 Å². The Hall–Kier alpha value is -2.74. The minimum atomic E-state index is -3.97. The van der Waals surface area contributed by atoms with Gasteiger partial charge < -0.3 is 0 Å². The van der Waals surface area contributed by atoms with Crippen LogP contribution < -0.4 is 0 Å². The third-order valence-electron chi connectivity index (χ3n) is 4.55. The first-order valence-electron chi connectivity index (χ1n) is 8.72. The van der Waals surface area contributed by atoms with Crippen LogP contribution in [0.3, 0.4) is 0 Å². The molecule has 0 fully saturated rings. The molecule has 152 valence electrons. The van der Waals surface area contributed by atoms with Crippen LogP contribution in [0.5, 0.6) is 0 Å². The number of ketones is 1. The predicted molar refractivity (Wildman–Crippen MR) is 113 cm³/mol. The molecule has 0 aliphatic rings. The molecule has 0 aliphatic carbocycles. The first-order chi connectivity index (χ1) is 14.3. The van der Waals surface area contributed by atoms with Crippen LogP contribution >= 0.6 is 23.2 Å². The summed E-state index contributed by atoms with van der Waals surface area (Å²) < 4.78 is 40.9. The van der Waals surface area contributed by atoms with E-state index in [2.05, 4.69) is 5.10 Å². The molecule has 0 N–H and O–H groups in total. The molecule has 3 aromatic carbocycles. The fourth-order valence-corrected chi connectivity index (χ4v) is 4.75. The Balaban J connectivity index is 1.73. The second kappa shape index (κ2) is 7.83. The van der Waals surface area contributed by atoms with E-state index in [0.29, 0.717) is 21.5 Å². The van der Waals surface area contributed by atoms with Crippen LogP contribution in [-0.2, 0) is 16.4 Å². The van der Waals surface area contributed by atoms with Crippen LogP contribution in [-0.4, -0.2) is 23.4 Å². The topological polar surface area (TPSA) is 69.0 Å². The van der Waals surface area contributed by atoms with Gasteiger partial charge in [0.2, 0.25) is 0 Å². The molecule has 1 heterocycles. The van der Waals surface area contributed by atoms with Crippen LogP contribution in [0.25, 0.3) is 10.9 Å². The molecule has 5 nitrogen and oxygen atoms in total. The number of halogens is 3.